The van der Waals surface area contributed by atoms with Gasteiger partial charge < -0.3 is 15.1 Å². The average Bonchev–Trinajstić information content (AvgIpc) is 3.20. The van der Waals surface area contributed by atoms with E-state index in [9.17, 15) is 9.18 Å². The quantitative estimate of drug-likeness (QED) is 0.639. The number of carbonyl (C=O) groups excluding carboxylic acids is 1. The minimum Gasteiger partial charge on any atom is -0.460 e. The molecule has 0 saturated carbocycles. The molecule has 0 saturated heterocycles. The van der Waals surface area contributed by atoms with Crippen molar-refractivity contribution < 1.29 is 13.6 Å². The van der Waals surface area contributed by atoms with Gasteiger partial charge in [0.2, 0.25) is 5.91 Å². The molecule has 1 amide bonds. The first-order valence-electron chi connectivity index (χ1n) is 8.39. The Morgan fingerprint density at radius 3 is 2.81 bits per heavy atom. The number of aromatic nitrogens is 2. The molecule has 0 aliphatic heterocycles. The molecule has 0 unspecified atom stereocenters. The number of furan rings is 1. The molecule has 0 atom stereocenters. The second kappa shape index (κ2) is 7.97. The van der Waals surface area contributed by atoms with Gasteiger partial charge in [-0.2, -0.15) is 5.10 Å². The van der Waals surface area contributed by atoms with E-state index in [4.69, 9.17) is 4.42 Å². The summed E-state index contributed by atoms with van der Waals surface area (Å²) in [5.74, 6) is 1.09. The average molecular weight is 356 g/mol. The van der Waals surface area contributed by atoms with Crippen LogP contribution in [-0.4, -0.2) is 28.8 Å². The van der Waals surface area contributed by atoms with Crippen molar-refractivity contribution in [3.8, 4) is 17.1 Å². The number of halogens is 1. The molecule has 0 bridgehead atoms. The Bertz CT molecular complexity index is 901. The molecule has 2 N–H and O–H groups in total. The lowest BCUT2D eigenvalue weighted by atomic mass is 10.2. The minimum atomic E-state index is -0.316. The molecular weight excluding hydrogens is 335 g/mol. The molecule has 0 aliphatic rings. The number of carbonyl (C=O) groups is 1. The van der Waals surface area contributed by atoms with Crippen LogP contribution < -0.4 is 10.6 Å². The zero-order valence-corrected chi connectivity index (χ0v) is 14.8. The van der Waals surface area contributed by atoms with E-state index in [0.29, 0.717) is 36.8 Å². The molecular formula is C19H21FN4O2. The van der Waals surface area contributed by atoms with Crippen molar-refractivity contribution in [1.82, 2.24) is 20.4 Å². The van der Waals surface area contributed by atoms with Gasteiger partial charge in [-0.15, -0.1) is 0 Å². The summed E-state index contributed by atoms with van der Waals surface area (Å²) in [6, 6.07) is 10.0. The minimum absolute atomic E-state index is 0.0579. The van der Waals surface area contributed by atoms with Crippen LogP contribution in [0, 0.1) is 12.7 Å². The zero-order chi connectivity index (χ0) is 18.5. The number of nitrogens with one attached hydrogen (secondary N) is 2. The highest BCUT2D eigenvalue weighted by Gasteiger charge is 2.15. The molecule has 26 heavy (non-hydrogen) atoms. The largest absolute Gasteiger partial charge is 0.460 e. The maximum absolute atomic E-state index is 13.5. The summed E-state index contributed by atoms with van der Waals surface area (Å²) < 4.78 is 20.9. The van der Waals surface area contributed by atoms with Gasteiger partial charge in [0.1, 0.15) is 17.3 Å². The van der Waals surface area contributed by atoms with Crippen LogP contribution in [0.15, 0.2) is 47.0 Å². The maximum atomic E-state index is 13.5. The summed E-state index contributed by atoms with van der Waals surface area (Å²) in [5, 5.41) is 10.6. The third kappa shape index (κ3) is 4.37. The van der Waals surface area contributed by atoms with Crippen molar-refractivity contribution in [1.29, 1.82) is 0 Å². The molecule has 0 spiro atoms. The van der Waals surface area contributed by atoms with E-state index < -0.39 is 0 Å². The zero-order valence-electron chi connectivity index (χ0n) is 14.8. The van der Waals surface area contributed by atoms with Gasteiger partial charge in [0.25, 0.3) is 0 Å². The van der Waals surface area contributed by atoms with Crippen LogP contribution in [0.4, 0.5) is 4.39 Å². The van der Waals surface area contributed by atoms with Crippen molar-refractivity contribution in [2.45, 2.75) is 20.4 Å². The monoisotopic (exact) mass is 356 g/mol. The Kier molecular flexibility index (Phi) is 5.48. The lowest BCUT2D eigenvalue weighted by molar-refractivity contribution is -0.118. The van der Waals surface area contributed by atoms with Gasteiger partial charge in [-0.25, -0.2) is 9.07 Å². The van der Waals surface area contributed by atoms with Gasteiger partial charge in [0.05, 0.1) is 5.69 Å². The number of nitrogens with zero attached hydrogens (tertiary/aromatic N) is 2. The number of amides is 1. The lowest BCUT2D eigenvalue weighted by Gasteiger charge is -2.04. The van der Waals surface area contributed by atoms with Crippen LogP contribution in [0.3, 0.4) is 0 Å². The standard InChI is InChI=1S/C19H21FN4O2/c1-13-6-7-18(26-13)19-15(11-21-8-9-22-14(2)25)12-24(23-19)17-5-3-4-16(20)10-17/h3-7,10,12,21H,8-9,11H2,1-2H3,(H,22,25). The smallest absolute Gasteiger partial charge is 0.216 e. The van der Waals surface area contributed by atoms with Crippen molar-refractivity contribution in [3.05, 3.63) is 59.7 Å². The SMILES string of the molecule is CC(=O)NCCNCc1cn(-c2cccc(F)c2)nc1-c1ccc(C)o1. The van der Waals surface area contributed by atoms with Gasteiger partial charge >= 0.3 is 0 Å². The van der Waals surface area contributed by atoms with Gasteiger partial charge in [0, 0.05) is 38.3 Å². The summed E-state index contributed by atoms with van der Waals surface area (Å²) in [6.07, 6.45) is 1.85. The molecule has 7 heteroatoms. The van der Waals surface area contributed by atoms with Gasteiger partial charge in [-0.1, -0.05) is 6.07 Å². The molecule has 3 aromatic rings. The number of aryl methyl sites for hydroxylation is 1. The highest BCUT2D eigenvalue weighted by atomic mass is 19.1. The Labute approximate surface area is 151 Å². The van der Waals surface area contributed by atoms with Crippen molar-refractivity contribution in [2.75, 3.05) is 13.1 Å². The second-order valence-electron chi connectivity index (χ2n) is 6.00. The topological polar surface area (TPSA) is 72.1 Å². The molecule has 2 heterocycles. The Morgan fingerprint density at radius 2 is 2.12 bits per heavy atom. The first-order valence-corrected chi connectivity index (χ1v) is 8.39. The van der Waals surface area contributed by atoms with Gasteiger partial charge in [-0.3, -0.25) is 4.79 Å². The maximum Gasteiger partial charge on any atom is 0.216 e. The first-order chi connectivity index (χ1) is 12.5. The van der Waals surface area contributed by atoms with Gasteiger partial charge in [0.15, 0.2) is 5.76 Å². The van der Waals surface area contributed by atoms with E-state index in [0.717, 1.165) is 11.3 Å². The summed E-state index contributed by atoms with van der Waals surface area (Å²) in [7, 11) is 0. The summed E-state index contributed by atoms with van der Waals surface area (Å²) in [4.78, 5) is 10.9. The fraction of sp³-hybridized carbons (Fsp3) is 0.263. The van der Waals surface area contributed by atoms with Crippen LogP contribution in [0.1, 0.15) is 18.2 Å². The number of hydrogen-bond donors (Lipinski definition) is 2. The van der Waals surface area contributed by atoms with Crippen LogP contribution in [-0.2, 0) is 11.3 Å². The molecule has 0 aliphatic carbocycles. The van der Waals surface area contributed by atoms with Gasteiger partial charge in [-0.05, 0) is 37.3 Å². The van der Waals surface area contributed by atoms with E-state index in [-0.39, 0.29) is 11.7 Å². The predicted molar refractivity (Wildman–Crippen MR) is 96.4 cm³/mol. The van der Waals surface area contributed by atoms with E-state index in [1.165, 1.54) is 19.1 Å². The van der Waals surface area contributed by atoms with Crippen LogP contribution in [0.5, 0.6) is 0 Å². The molecule has 136 valence electrons. The molecule has 0 radical (unpaired) electrons. The highest BCUT2D eigenvalue weighted by Crippen LogP contribution is 2.25. The fourth-order valence-electron chi connectivity index (χ4n) is 2.61. The first kappa shape index (κ1) is 17.9. The Balaban J connectivity index is 1.82. The summed E-state index contributed by atoms with van der Waals surface area (Å²) >= 11 is 0. The van der Waals surface area contributed by atoms with Crippen molar-refractivity contribution in [3.63, 3.8) is 0 Å². The molecule has 3 rings (SSSR count). The molecule has 0 fully saturated rings. The lowest BCUT2D eigenvalue weighted by Crippen LogP contribution is -2.29. The van der Waals surface area contributed by atoms with Crippen molar-refractivity contribution >= 4 is 5.91 Å². The van der Waals surface area contributed by atoms with E-state index >= 15 is 0 Å². The number of hydrogen-bond acceptors (Lipinski definition) is 4. The number of benzene rings is 1. The normalized spacial score (nSPS) is 10.9. The molecule has 6 nitrogen and oxygen atoms in total. The van der Waals surface area contributed by atoms with E-state index in [1.807, 2.05) is 25.3 Å². The summed E-state index contributed by atoms with van der Waals surface area (Å²) in [5.41, 5.74) is 2.26. The van der Waals surface area contributed by atoms with Crippen LogP contribution >= 0.6 is 0 Å². The third-order valence-corrected chi connectivity index (χ3v) is 3.83. The van der Waals surface area contributed by atoms with E-state index in [1.54, 1.807) is 16.8 Å². The molecule has 2 aromatic heterocycles. The second-order valence-corrected chi connectivity index (χ2v) is 6.00. The number of rotatable bonds is 7. The third-order valence-electron chi connectivity index (χ3n) is 3.83. The molecule has 1 aromatic carbocycles. The Hall–Kier alpha value is -2.93. The Morgan fingerprint density at radius 1 is 1.27 bits per heavy atom. The highest BCUT2D eigenvalue weighted by molar-refractivity contribution is 5.72. The van der Waals surface area contributed by atoms with Crippen LogP contribution in [0.2, 0.25) is 0 Å². The summed E-state index contributed by atoms with van der Waals surface area (Å²) in [6.45, 7) is 5.08. The fourth-order valence-corrected chi connectivity index (χ4v) is 2.61. The van der Waals surface area contributed by atoms with Crippen LogP contribution in [0.25, 0.3) is 17.1 Å². The van der Waals surface area contributed by atoms with E-state index in [2.05, 4.69) is 15.7 Å². The predicted octanol–water partition coefficient (Wildman–Crippen LogP) is 2.81. The van der Waals surface area contributed by atoms with Crippen molar-refractivity contribution in [2.24, 2.45) is 0 Å².